The van der Waals surface area contributed by atoms with Crippen LogP contribution in [0, 0.1) is 0 Å². The zero-order chi connectivity index (χ0) is 15.4. The van der Waals surface area contributed by atoms with E-state index in [-0.39, 0.29) is 0 Å². The van der Waals surface area contributed by atoms with Crippen LogP contribution in [-0.4, -0.2) is 36.7 Å². The Morgan fingerprint density at radius 3 is 2.62 bits per heavy atom. The second kappa shape index (κ2) is 7.70. The predicted octanol–water partition coefficient (Wildman–Crippen LogP) is 4.79. The van der Waals surface area contributed by atoms with Crippen molar-refractivity contribution < 1.29 is 4.74 Å². The molecule has 1 aliphatic rings. The molecule has 5 heteroatoms. The largest absolute Gasteiger partial charge is 0.491 e. The fourth-order valence-corrected chi connectivity index (χ4v) is 3.66. The van der Waals surface area contributed by atoms with E-state index in [1.54, 1.807) is 0 Å². The minimum atomic E-state index is 0.476. The maximum Gasteiger partial charge on any atom is 0.156 e. The van der Waals surface area contributed by atoms with E-state index in [0.717, 1.165) is 41.8 Å². The van der Waals surface area contributed by atoms with E-state index in [2.05, 4.69) is 40.0 Å². The normalized spacial score (nSPS) is 17.2. The lowest BCUT2D eigenvalue weighted by atomic mass is 10.0. The Morgan fingerprint density at radius 1 is 1.38 bits per heavy atom. The molecule has 2 rings (SSSR count). The van der Waals surface area contributed by atoms with Crippen molar-refractivity contribution >= 4 is 33.2 Å². The van der Waals surface area contributed by atoms with E-state index in [9.17, 15) is 0 Å². The number of halogens is 2. The van der Waals surface area contributed by atoms with Gasteiger partial charge >= 0.3 is 0 Å². The van der Waals surface area contributed by atoms with Crippen LogP contribution in [0.3, 0.4) is 0 Å². The molecule has 1 aromatic rings. The second-order valence-electron chi connectivity index (χ2n) is 5.75. The van der Waals surface area contributed by atoms with Gasteiger partial charge in [-0.15, -0.1) is 0 Å². The minimum absolute atomic E-state index is 0.476. The zero-order valence-electron chi connectivity index (χ0n) is 13.0. The number of anilines is 1. The van der Waals surface area contributed by atoms with Gasteiger partial charge in [0.15, 0.2) is 5.75 Å². The number of likely N-dealkylation sites (tertiary alicyclic amines) is 1. The standard InChI is InChI=1S/C16H24BrClN2O/c1-4-21-16-14(17)9-12(18)10-15(16)19-13-5-7-20(8-6-13)11(2)3/h9-11,13,19H,4-8H2,1-3H3. The van der Waals surface area contributed by atoms with E-state index in [1.807, 2.05) is 19.1 Å². The molecule has 0 amide bonds. The molecule has 0 saturated carbocycles. The molecule has 1 fully saturated rings. The molecular formula is C16H24BrClN2O. The van der Waals surface area contributed by atoms with Crippen LogP contribution in [0.2, 0.25) is 5.02 Å². The van der Waals surface area contributed by atoms with Gasteiger partial charge in [0.1, 0.15) is 0 Å². The van der Waals surface area contributed by atoms with Gasteiger partial charge in [-0.05, 0) is 61.7 Å². The highest BCUT2D eigenvalue weighted by Crippen LogP contribution is 2.37. The van der Waals surface area contributed by atoms with Crippen molar-refractivity contribution in [3.63, 3.8) is 0 Å². The van der Waals surface area contributed by atoms with Crippen molar-refractivity contribution in [2.75, 3.05) is 25.0 Å². The van der Waals surface area contributed by atoms with Crippen LogP contribution in [0.5, 0.6) is 5.75 Å². The minimum Gasteiger partial charge on any atom is -0.491 e. The van der Waals surface area contributed by atoms with E-state index in [1.165, 1.54) is 0 Å². The van der Waals surface area contributed by atoms with Crippen molar-refractivity contribution in [3.8, 4) is 5.75 Å². The van der Waals surface area contributed by atoms with Gasteiger partial charge in [-0.2, -0.15) is 0 Å². The molecule has 1 N–H and O–H groups in total. The molecular weight excluding hydrogens is 352 g/mol. The summed E-state index contributed by atoms with van der Waals surface area (Å²) in [6.45, 7) is 9.43. The summed E-state index contributed by atoms with van der Waals surface area (Å²) in [5.41, 5.74) is 0.985. The molecule has 1 aromatic carbocycles. The molecule has 21 heavy (non-hydrogen) atoms. The van der Waals surface area contributed by atoms with Gasteiger partial charge in [0.25, 0.3) is 0 Å². The summed E-state index contributed by atoms with van der Waals surface area (Å²) in [5.74, 6) is 0.855. The van der Waals surface area contributed by atoms with E-state index < -0.39 is 0 Å². The van der Waals surface area contributed by atoms with Crippen molar-refractivity contribution in [1.82, 2.24) is 4.90 Å². The summed E-state index contributed by atoms with van der Waals surface area (Å²) < 4.78 is 6.65. The SMILES string of the molecule is CCOc1c(Br)cc(Cl)cc1NC1CCN(C(C)C)CC1. The van der Waals surface area contributed by atoms with E-state index >= 15 is 0 Å². The maximum absolute atomic E-state index is 6.17. The first-order valence-electron chi connectivity index (χ1n) is 7.63. The Kier molecular flexibility index (Phi) is 6.20. The molecule has 1 aliphatic heterocycles. The number of nitrogens with one attached hydrogen (secondary N) is 1. The van der Waals surface area contributed by atoms with Crippen LogP contribution in [0.25, 0.3) is 0 Å². The van der Waals surface area contributed by atoms with Crippen LogP contribution >= 0.6 is 27.5 Å². The molecule has 0 bridgehead atoms. The van der Waals surface area contributed by atoms with Crippen LogP contribution in [0.4, 0.5) is 5.69 Å². The quantitative estimate of drug-likeness (QED) is 0.801. The van der Waals surface area contributed by atoms with E-state index in [4.69, 9.17) is 16.3 Å². The summed E-state index contributed by atoms with van der Waals surface area (Å²) in [7, 11) is 0. The fourth-order valence-electron chi connectivity index (χ4n) is 2.74. The molecule has 1 saturated heterocycles. The third-order valence-corrected chi connectivity index (χ3v) is 4.72. The third-order valence-electron chi connectivity index (χ3n) is 3.92. The Balaban J connectivity index is 2.06. The summed E-state index contributed by atoms with van der Waals surface area (Å²) in [6, 6.07) is 4.93. The third kappa shape index (κ3) is 4.51. The van der Waals surface area contributed by atoms with Gasteiger partial charge in [-0.25, -0.2) is 0 Å². The molecule has 0 aromatic heterocycles. The first-order valence-corrected chi connectivity index (χ1v) is 8.80. The average Bonchev–Trinajstić information content (AvgIpc) is 2.43. The lowest BCUT2D eigenvalue weighted by molar-refractivity contribution is 0.177. The fraction of sp³-hybridized carbons (Fsp3) is 0.625. The number of ether oxygens (including phenoxy) is 1. The van der Waals surface area contributed by atoms with Gasteiger partial charge in [0.05, 0.1) is 16.8 Å². The molecule has 0 aliphatic carbocycles. The Labute approximate surface area is 141 Å². The molecule has 0 unspecified atom stereocenters. The highest BCUT2D eigenvalue weighted by Gasteiger charge is 2.22. The van der Waals surface area contributed by atoms with E-state index in [0.29, 0.717) is 23.7 Å². The number of hydrogen-bond donors (Lipinski definition) is 1. The smallest absolute Gasteiger partial charge is 0.156 e. The topological polar surface area (TPSA) is 24.5 Å². The first kappa shape index (κ1) is 16.9. The summed E-state index contributed by atoms with van der Waals surface area (Å²) in [6.07, 6.45) is 2.29. The summed E-state index contributed by atoms with van der Waals surface area (Å²) in [4.78, 5) is 2.52. The highest BCUT2D eigenvalue weighted by atomic mass is 79.9. The molecule has 118 valence electrons. The van der Waals surface area contributed by atoms with Gasteiger partial charge in [0.2, 0.25) is 0 Å². The maximum atomic E-state index is 6.17. The molecule has 0 atom stereocenters. The zero-order valence-corrected chi connectivity index (χ0v) is 15.3. The van der Waals surface area contributed by atoms with Crippen LogP contribution < -0.4 is 10.1 Å². The van der Waals surface area contributed by atoms with Crippen LogP contribution in [-0.2, 0) is 0 Å². The van der Waals surface area contributed by atoms with Gasteiger partial charge < -0.3 is 15.0 Å². The molecule has 0 spiro atoms. The van der Waals surface area contributed by atoms with Crippen molar-refractivity contribution in [1.29, 1.82) is 0 Å². The number of hydrogen-bond acceptors (Lipinski definition) is 3. The van der Waals surface area contributed by atoms with Crippen molar-refractivity contribution in [2.24, 2.45) is 0 Å². The number of rotatable bonds is 5. The number of piperidine rings is 1. The molecule has 1 heterocycles. The van der Waals surface area contributed by atoms with Crippen molar-refractivity contribution in [3.05, 3.63) is 21.6 Å². The number of nitrogens with zero attached hydrogens (tertiary/aromatic N) is 1. The second-order valence-corrected chi connectivity index (χ2v) is 7.04. The highest BCUT2D eigenvalue weighted by molar-refractivity contribution is 9.10. The first-order chi connectivity index (χ1) is 10.0. The predicted molar refractivity (Wildman–Crippen MR) is 93.7 cm³/mol. The summed E-state index contributed by atoms with van der Waals surface area (Å²) in [5, 5.41) is 4.32. The van der Waals surface area contributed by atoms with Crippen molar-refractivity contribution in [2.45, 2.75) is 45.7 Å². The Hall–Kier alpha value is -0.450. The van der Waals surface area contributed by atoms with Gasteiger partial charge in [-0.1, -0.05) is 11.6 Å². The Bertz CT molecular complexity index is 474. The lowest BCUT2D eigenvalue weighted by Gasteiger charge is -2.35. The van der Waals surface area contributed by atoms with Gasteiger partial charge in [-0.3, -0.25) is 0 Å². The van der Waals surface area contributed by atoms with Crippen LogP contribution in [0.15, 0.2) is 16.6 Å². The number of benzene rings is 1. The molecule has 0 radical (unpaired) electrons. The monoisotopic (exact) mass is 374 g/mol. The lowest BCUT2D eigenvalue weighted by Crippen LogP contribution is -2.42. The van der Waals surface area contributed by atoms with Crippen LogP contribution in [0.1, 0.15) is 33.6 Å². The average molecular weight is 376 g/mol. The summed E-state index contributed by atoms with van der Waals surface area (Å²) >= 11 is 9.71. The van der Waals surface area contributed by atoms with Gasteiger partial charge in [0, 0.05) is 30.2 Å². The molecule has 3 nitrogen and oxygen atoms in total. The Morgan fingerprint density at radius 2 is 2.05 bits per heavy atom.